The summed E-state index contributed by atoms with van der Waals surface area (Å²) in [5.74, 6) is 0.633. The molecule has 0 saturated carbocycles. The van der Waals surface area contributed by atoms with Crippen molar-refractivity contribution in [3.05, 3.63) is 71.5 Å². The number of hydrogen-bond acceptors (Lipinski definition) is 3. The second-order valence-electron chi connectivity index (χ2n) is 5.52. The molecule has 6 heteroatoms. The summed E-state index contributed by atoms with van der Waals surface area (Å²) in [6.45, 7) is 0.483. The zero-order valence-electron chi connectivity index (χ0n) is 14.1. The van der Waals surface area contributed by atoms with E-state index in [1.165, 1.54) is 11.0 Å². The molecule has 2 aromatic rings. The van der Waals surface area contributed by atoms with Crippen LogP contribution in [0, 0.1) is 5.82 Å². The van der Waals surface area contributed by atoms with Gasteiger partial charge < -0.3 is 10.2 Å². The summed E-state index contributed by atoms with van der Waals surface area (Å²) in [6.07, 6.45) is 0. The second kappa shape index (κ2) is 9.84. The highest BCUT2D eigenvalue weighted by Gasteiger charge is 2.14. The molecule has 1 N–H and O–H groups in total. The van der Waals surface area contributed by atoms with Crippen LogP contribution in [0.15, 0.2) is 54.6 Å². The van der Waals surface area contributed by atoms with Crippen molar-refractivity contribution in [2.45, 2.75) is 5.75 Å². The van der Waals surface area contributed by atoms with Crippen molar-refractivity contribution in [2.24, 2.45) is 0 Å². The predicted octanol–water partition coefficient (Wildman–Crippen LogP) is 2.95. The zero-order valence-corrected chi connectivity index (χ0v) is 14.9. The lowest BCUT2D eigenvalue weighted by molar-refractivity contribution is -0.121. The van der Waals surface area contributed by atoms with Gasteiger partial charge in [-0.25, -0.2) is 4.39 Å². The fraction of sp³-hybridized carbons (Fsp3) is 0.263. The third-order valence-electron chi connectivity index (χ3n) is 3.53. The maximum absolute atomic E-state index is 13.5. The van der Waals surface area contributed by atoms with Gasteiger partial charge in [0.1, 0.15) is 5.82 Å². The molecule has 0 atom stereocenters. The number of likely N-dealkylation sites (N-methyl/N-ethyl adjacent to an activating group) is 1. The molecule has 0 saturated heterocycles. The molecule has 2 rings (SSSR count). The Morgan fingerprint density at radius 2 is 1.76 bits per heavy atom. The van der Waals surface area contributed by atoms with Gasteiger partial charge in [0.2, 0.25) is 5.91 Å². The summed E-state index contributed by atoms with van der Waals surface area (Å²) in [6, 6.07) is 15.5. The van der Waals surface area contributed by atoms with Crippen LogP contribution in [-0.2, 0) is 10.5 Å². The molecule has 0 aromatic heterocycles. The third-order valence-corrected chi connectivity index (χ3v) is 4.54. The Morgan fingerprint density at radius 3 is 2.48 bits per heavy atom. The third kappa shape index (κ3) is 6.23. The van der Waals surface area contributed by atoms with E-state index in [1.807, 2.05) is 6.07 Å². The van der Waals surface area contributed by atoms with E-state index in [1.54, 1.807) is 61.3 Å². The van der Waals surface area contributed by atoms with E-state index in [0.29, 0.717) is 29.2 Å². The summed E-state index contributed by atoms with van der Waals surface area (Å²) in [5, 5.41) is 2.77. The first-order valence-electron chi connectivity index (χ1n) is 7.96. The molecule has 2 amide bonds. The molecule has 0 aliphatic carbocycles. The molecule has 0 fully saturated rings. The molecule has 0 aliphatic heterocycles. The average Bonchev–Trinajstić information content (AvgIpc) is 2.63. The summed E-state index contributed by atoms with van der Waals surface area (Å²) in [4.78, 5) is 25.4. The van der Waals surface area contributed by atoms with Crippen molar-refractivity contribution >= 4 is 23.6 Å². The topological polar surface area (TPSA) is 49.4 Å². The molecular formula is C19H21FN2O2S. The van der Waals surface area contributed by atoms with Crippen LogP contribution in [-0.4, -0.2) is 42.6 Å². The lowest BCUT2D eigenvalue weighted by atomic mass is 10.2. The highest BCUT2D eigenvalue weighted by Crippen LogP contribution is 2.14. The molecule has 0 radical (unpaired) electrons. The summed E-state index contributed by atoms with van der Waals surface area (Å²) >= 11 is 1.55. The Hall–Kier alpha value is -2.34. The quantitative estimate of drug-likeness (QED) is 0.737. The number of halogens is 1. The first kappa shape index (κ1) is 19.0. The minimum absolute atomic E-state index is 0.00566. The van der Waals surface area contributed by atoms with Gasteiger partial charge in [-0.05, 0) is 23.8 Å². The van der Waals surface area contributed by atoms with Gasteiger partial charge in [0.15, 0.2) is 0 Å². The molecule has 0 unspecified atom stereocenters. The molecule has 0 heterocycles. The minimum atomic E-state index is -0.210. The van der Waals surface area contributed by atoms with Gasteiger partial charge in [-0.2, -0.15) is 11.8 Å². The van der Waals surface area contributed by atoms with Crippen LogP contribution in [0.1, 0.15) is 15.9 Å². The highest BCUT2D eigenvalue weighted by molar-refractivity contribution is 7.98. The molecule has 0 bridgehead atoms. The van der Waals surface area contributed by atoms with E-state index >= 15 is 0 Å². The van der Waals surface area contributed by atoms with Crippen LogP contribution < -0.4 is 5.32 Å². The highest BCUT2D eigenvalue weighted by atomic mass is 32.2. The molecule has 0 spiro atoms. The van der Waals surface area contributed by atoms with E-state index in [2.05, 4.69) is 5.32 Å². The first-order valence-corrected chi connectivity index (χ1v) is 9.12. The standard InChI is InChI=1S/C19H21FN2O2S/c1-22(19(24)15-7-3-2-4-8-15)13-18(23)21-11-12-25-14-16-9-5-6-10-17(16)20/h2-10H,11-14H2,1H3,(H,21,23). The van der Waals surface area contributed by atoms with Crippen molar-refractivity contribution in [2.75, 3.05) is 25.9 Å². The van der Waals surface area contributed by atoms with E-state index in [4.69, 9.17) is 0 Å². The number of hydrogen-bond donors (Lipinski definition) is 1. The number of nitrogens with zero attached hydrogens (tertiary/aromatic N) is 1. The van der Waals surface area contributed by atoms with Crippen LogP contribution in [0.25, 0.3) is 0 Å². The summed E-state index contributed by atoms with van der Waals surface area (Å²) in [7, 11) is 1.60. The van der Waals surface area contributed by atoms with Crippen molar-refractivity contribution < 1.29 is 14.0 Å². The normalized spacial score (nSPS) is 10.3. The smallest absolute Gasteiger partial charge is 0.254 e. The minimum Gasteiger partial charge on any atom is -0.354 e. The maximum Gasteiger partial charge on any atom is 0.254 e. The second-order valence-corrected chi connectivity index (χ2v) is 6.63. The van der Waals surface area contributed by atoms with Crippen molar-refractivity contribution in [3.63, 3.8) is 0 Å². The molecule has 2 aromatic carbocycles. The number of benzene rings is 2. The number of thioether (sulfide) groups is 1. The van der Waals surface area contributed by atoms with Crippen molar-refractivity contribution in [1.82, 2.24) is 10.2 Å². The van der Waals surface area contributed by atoms with Crippen molar-refractivity contribution in [3.8, 4) is 0 Å². The van der Waals surface area contributed by atoms with E-state index in [9.17, 15) is 14.0 Å². The number of carbonyl (C=O) groups is 2. The van der Waals surface area contributed by atoms with Crippen LogP contribution in [0.5, 0.6) is 0 Å². The van der Waals surface area contributed by atoms with Gasteiger partial charge >= 0.3 is 0 Å². The summed E-state index contributed by atoms with van der Waals surface area (Å²) < 4.78 is 13.5. The number of amides is 2. The Balaban J connectivity index is 1.65. The Bertz CT molecular complexity index is 710. The van der Waals surface area contributed by atoms with Gasteiger partial charge in [-0.1, -0.05) is 36.4 Å². The van der Waals surface area contributed by atoms with E-state index in [-0.39, 0.29) is 24.2 Å². The fourth-order valence-electron chi connectivity index (χ4n) is 2.20. The van der Waals surface area contributed by atoms with Gasteiger partial charge in [0, 0.05) is 30.7 Å². The zero-order chi connectivity index (χ0) is 18.1. The van der Waals surface area contributed by atoms with Gasteiger partial charge in [0.05, 0.1) is 6.54 Å². The molecule has 4 nitrogen and oxygen atoms in total. The van der Waals surface area contributed by atoms with Crippen molar-refractivity contribution in [1.29, 1.82) is 0 Å². The number of rotatable bonds is 8. The first-order chi connectivity index (χ1) is 12.1. The largest absolute Gasteiger partial charge is 0.354 e. The monoisotopic (exact) mass is 360 g/mol. The average molecular weight is 360 g/mol. The Labute approximate surface area is 151 Å². The van der Waals surface area contributed by atoms with Gasteiger partial charge in [0.25, 0.3) is 5.91 Å². The fourth-order valence-corrected chi connectivity index (χ4v) is 3.05. The molecular weight excluding hydrogens is 339 g/mol. The van der Waals surface area contributed by atoms with Gasteiger partial charge in [-0.3, -0.25) is 9.59 Å². The molecule has 25 heavy (non-hydrogen) atoms. The Morgan fingerprint density at radius 1 is 1.08 bits per heavy atom. The van der Waals surface area contributed by atoms with Crippen LogP contribution in [0.4, 0.5) is 4.39 Å². The predicted molar refractivity (Wildman–Crippen MR) is 99.0 cm³/mol. The van der Waals surface area contributed by atoms with E-state index in [0.717, 1.165) is 0 Å². The number of nitrogens with one attached hydrogen (secondary N) is 1. The molecule has 0 aliphatic rings. The lowest BCUT2D eigenvalue weighted by Gasteiger charge is -2.16. The van der Waals surface area contributed by atoms with Crippen LogP contribution in [0.3, 0.4) is 0 Å². The Kier molecular flexibility index (Phi) is 7.47. The summed E-state index contributed by atoms with van der Waals surface area (Å²) in [5.41, 5.74) is 1.21. The molecule has 132 valence electrons. The van der Waals surface area contributed by atoms with Crippen LogP contribution in [0.2, 0.25) is 0 Å². The number of carbonyl (C=O) groups excluding carboxylic acids is 2. The van der Waals surface area contributed by atoms with Gasteiger partial charge in [-0.15, -0.1) is 0 Å². The SMILES string of the molecule is CN(CC(=O)NCCSCc1ccccc1F)C(=O)c1ccccc1. The van der Waals surface area contributed by atoms with Crippen LogP contribution >= 0.6 is 11.8 Å². The maximum atomic E-state index is 13.5. The van der Waals surface area contributed by atoms with E-state index < -0.39 is 0 Å². The lowest BCUT2D eigenvalue weighted by Crippen LogP contribution is -2.39.